The van der Waals surface area contributed by atoms with Crippen molar-refractivity contribution in [1.82, 2.24) is 10.2 Å². The van der Waals surface area contributed by atoms with Gasteiger partial charge in [0.1, 0.15) is 0 Å². The normalized spacial score (nSPS) is 12.2. The highest BCUT2D eigenvalue weighted by molar-refractivity contribution is 9.10. The minimum atomic E-state index is -1.05. The van der Waals surface area contributed by atoms with Crippen LogP contribution in [0.1, 0.15) is 11.3 Å². The highest BCUT2D eigenvalue weighted by Crippen LogP contribution is 2.25. The lowest BCUT2D eigenvalue weighted by atomic mass is 10.1. The molecule has 0 fully saturated rings. The fourth-order valence-electron chi connectivity index (χ4n) is 1.99. The summed E-state index contributed by atoms with van der Waals surface area (Å²) in [4.78, 5) is 0. The van der Waals surface area contributed by atoms with Gasteiger partial charge in [-0.1, -0.05) is 35.6 Å². The van der Waals surface area contributed by atoms with Crippen LogP contribution in [0.3, 0.4) is 0 Å². The van der Waals surface area contributed by atoms with Crippen molar-refractivity contribution >= 4 is 34.9 Å². The predicted octanol–water partition coefficient (Wildman–Crippen LogP) is 3.67. The molecule has 1 heterocycles. The Hall–Kier alpha value is -0.693. The molecule has 0 aliphatic carbocycles. The van der Waals surface area contributed by atoms with Gasteiger partial charge in [-0.3, -0.25) is 5.10 Å². The number of hydrogen-bond acceptors (Lipinski definition) is 3. The van der Waals surface area contributed by atoms with Gasteiger partial charge in [-0.15, -0.1) is 0 Å². The molecule has 2 rings (SSSR count). The largest absolute Gasteiger partial charge is 0.392 e. The number of H-pyrrole nitrogens is 1. The number of aromatic amines is 1. The summed E-state index contributed by atoms with van der Waals surface area (Å²) in [5.74, 6) is 0. The highest BCUT2D eigenvalue weighted by atomic mass is 79.9. The zero-order chi connectivity index (χ0) is 14.8. The molecule has 0 saturated carbocycles. The first kappa shape index (κ1) is 15.7. The topological polar surface area (TPSA) is 58.1 Å². The molecule has 0 atom stereocenters. The van der Waals surface area contributed by atoms with Gasteiger partial charge in [0.05, 0.1) is 24.4 Å². The molecule has 4 nitrogen and oxygen atoms in total. The van der Waals surface area contributed by atoms with E-state index >= 15 is 0 Å². The molecule has 0 radical (unpaired) electrons. The first-order valence-corrected chi connectivity index (χ1v) is 11.2. The zero-order valence-corrected chi connectivity index (χ0v) is 14.7. The van der Waals surface area contributed by atoms with Crippen LogP contribution in [0.25, 0.3) is 10.9 Å². The Morgan fingerprint density at radius 1 is 1.35 bits per heavy atom. The van der Waals surface area contributed by atoms with E-state index in [2.05, 4.69) is 45.8 Å². The van der Waals surface area contributed by atoms with Crippen molar-refractivity contribution in [2.75, 3.05) is 6.61 Å². The third-order valence-corrected chi connectivity index (χ3v) is 5.37. The Labute approximate surface area is 128 Å². The number of nitrogens with zero attached hydrogens (tertiary/aromatic N) is 1. The fourth-order valence-corrected chi connectivity index (χ4v) is 3.25. The van der Waals surface area contributed by atoms with Crippen LogP contribution in [-0.4, -0.2) is 30.0 Å². The standard InChI is InChI=1S/C14H21BrN2O2Si/c1-20(2,3)5-4-19-9-13-12-7-11(15)6-10(8-18)14(12)17-16-13/h6-7,18H,4-5,8-9H2,1-3H3,(H,16,17). The second-order valence-electron chi connectivity index (χ2n) is 6.18. The number of fused-ring (bicyclic) bond motifs is 1. The Bertz CT molecular complexity index is 593. The molecular formula is C14H21BrN2O2Si. The van der Waals surface area contributed by atoms with Gasteiger partial charge in [-0.25, -0.2) is 0 Å². The van der Waals surface area contributed by atoms with Gasteiger partial charge in [-0.05, 0) is 18.2 Å². The summed E-state index contributed by atoms with van der Waals surface area (Å²) in [5, 5.41) is 17.7. The van der Waals surface area contributed by atoms with E-state index < -0.39 is 8.07 Å². The van der Waals surface area contributed by atoms with Crippen molar-refractivity contribution < 1.29 is 9.84 Å². The van der Waals surface area contributed by atoms with Crippen molar-refractivity contribution in [3.8, 4) is 0 Å². The number of nitrogens with one attached hydrogen (secondary N) is 1. The van der Waals surface area contributed by atoms with Gasteiger partial charge in [0.15, 0.2) is 0 Å². The number of halogens is 1. The number of aliphatic hydroxyl groups is 1. The van der Waals surface area contributed by atoms with E-state index in [9.17, 15) is 5.11 Å². The minimum Gasteiger partial charge on any atom is -0.392 e. The molecule has 110 valence electrons. The number of hydrogen-bond donors (Lipinski definition) is 2. The summed E-state index contributed by atoms with van der Waals surface area (Å²) < 4.78 is 6.69. The first-order valence-electron chi connectivity index (χ1n) is 6.75. The van der Waals surface area contributed by atoms with Crippen LogP contribution in [0, 0.1) is 0 Å². The van der Waals surface area contributed by atoms with Gasteiger partial charge < -0.3 is 9.84 Å². The van der Waals surface area contributed by atoms with Gasteiger partial charge in [-0.2, -0.15) is 5.10 Å². The second-order valence-corrected chi connectivity index (χ2v) is 12.7. The van der Waals surface area contributed by atoms with E-state index in [0.29, 0.717) is 6.61 Å². The summed E-state index contributed by atoms with van der Waals surface area (Å²) in [6.07, 6.45) is 0. The fraction of sp³-hybridized carbons (Fsp3) is 0.500. The number of aliphatic hydroxyl groups excluding tert-OH is 1. The summed E-state index contributed by atoms with van der Waals surface area (Å²) in [6, 6.07) is 5.06. The Kier molecular flexibility index (Phi) is 5.01. The quantitative estimate of drug-likeness (QED) is 0.613. The van der Waals surface area contributed by atoms with E-state index in [1.807, 2.05) is 12.1 Å². The minimum absolute atomic E-state index is 0.00590. The second kappa shape index (κ2) is 6.38. The van der Waals surface area contributed by atoms with Crippen molar-refractivity contribution in [2.45, 2.75) is 38.9 Å². The van der Waals surface area contributed by atoms with Gasteiger partial charge in [0.25, 0.3) is 0 Å². The van der Waals surface area contributed by atoms with E-state index in [-0.39, 0.29) is 6.61 Å². The van der Waals surface area contributed by atoms with Gasteiger partial charge in [0.2, 0.25) is 0 Å². The maximum absolute atomic E-state index is 9.38. The molecule has 0 spiro atoms. The molecular weight excluding hydrogens is 336 g/mol. The van der Waals surface area contributed by atoms with Crippen molar-refractivity contribution in [3.63, 3.8) is 0 Å². The van der Waals surface area contributed by atoms with Crippen LogP contribution in [0.5, 0.6) is 0 Å². The molecule has 1 aromatic heterocycles. The maximum atomic E-state index is 9.38. The Morgan fingerprint density at radius 3 is 2.75 bits per heavy atom. The monoisotopic (exact) mass is 356 g/mol. The SMILES string of the molecule is C[Si](C)(C)CCOCc1n[nH]c2c(CO)cc(Br)cc12. The van der Waals surface area contributed by atoms with Crippen molar-refractivity contribution in [3.05, 3.63) is 27.9 Å². The van der Waals surface area contributed by atoms with Crippen LogP contribution in [0.4, 0.5) is 0 Å². The number of benzene rings is 1. The zero-order valence-electron chi connectivity index (χ0n) is 12.2. The molecule has 0 unspecified atom stereocenters. The van der Waals surface area contributed by atoms with Gasteiger partial charge >= 0.3 is 0 Å². The smallest absolute Gasteiger partial charge is 0.0958 e. The van der Waals surface area contributed by atoms with Crippen LogP contribution in [0.15, 0.2) is 16.6 Å². The summed E-state index contributed by atoms with van der Waals surface area (Å²) in [6.45, 7) is 8.30. The molecule has 0 amide bonds. The van der Waals surface area contributed by atoms with Crippen LogP contribution in [0.2, 0.25) is 25.7 Å². The summed E-state index contributed by atoms with van der Waals surface area (Å²) in [7, 11) is -1.05. The molecule has 6 heteroatoms. The highest BCUT2D eigenvalue weighted by Gasteiger charge is 2.14. The molecule has 2 aromatic rings. The number of rotatable bonds is 6. The lowest BCUT2D eigenvalue weighted by Gasteiger charge is -2.14. The van der Waals surface area contributed by atoms with Crippen LogP contribution < -0.4 is 0 Å². The van der Waals surface area contributed by atoms with Crippen LogP contribution in [-0.2, 0) is 18.0 Å². The average Bonchev–Trinajstić information content (AvgIpc) is 2.75. The lowest BCUT2D eigenvalue weighted by molar-refractivity contribution is 0.131. The molecule has 2 N–H and O–H groups in total. The average molecular weight is 357 g/mol. The molecule has 1 aromatic carbocycles. The van der Waals surface area contributed by atoms with Crippen molar-refractivity contribution in [2.24, 2.45) is 0 Å². The van der Waals surface area contributed by atoms with E-state index in [4.69, 9.17) is 4.74 Å². The number of ether oxygens (including phenoxy) is 1. The third kappa shape index (κ3) is 3.91. The summed E-state index contributed by atoms with van der Waals surface area (Å²) in [5.41, 5.74) is 2.63. The molecule has 0 saturated heterocycles. The molecule has 0 bridgehead atoms. The molecule has 20 heavy (non-hydrogen) atoms. The van der Waals surface area contributed by atoms with E-state index in [1.165, 1.54) is 0 Å². The predicted molar refractivity (Wildman–Crippen MR) is 87.5 cm³/mol. The van der Waals surface area contributed by atoms with E-state index in [0.717, 1.165) is 39.3 Å². The maximum Gasteiger partial charge on any atom is 0.0958 e. The van der Waals surface area contributed by atoms with Gasteiger partial charge in [0, 0.05) is 30.1 Å². The Morgan fingerprint density at radius 2 is 2.10 bits per heavy atom. The van der Waals surface area contributed by atoms with Crippen LogP contribution >= 0.6 is 15.9 Å². The molecule has 0 aliphatic rings. The Balaban J connectivity index is 2.09. The summed E-state index contributed by atoms with van der Waals surface area (Å²) >= 11 is 3.46. The van der Waals surface area contributed by atoms with E-state index in [1.54, 1.807) is 0 Å². The van der Waals surface area contributed by atoms with Crippen molar-refractivity contribution in [1.29, 1.82) is 0 Å². The lowest BCUT2D eigenvalue weighted by Crippen LogP contribution is -2.21. The number of aromatic nitrogens is 2. The first-order chi connectivity index (χ1) is 9.40. The molecule has 0 aliphatic heterocycles. The third-order valence-electron chi connectivity index (χ3n) is 3.20.